The Morgan fingerprint density at radius 2 is 1.77 bits per heavy atom. The highest BCUT2D eigenvalue weighted by Crippen LogP contribution is 2.41. The summed E-state index contributed by atoms with van der Waals surface area (Å²) in [5, 5.41) is -0.328. The first-order valence-electron chi connectivity index (χ1n) is 8.67. The third-order valence-electron chi connectivity index (χ3n) is 4.02. The maximum absolute atomic E-state index is 12.5. The van der Waals surface area contributed by atoms with Crippen molar-refractivity contribution in [2.45, 2.75) is 6.36 Å². The second-order valence-electron chi connectivity index (χ2n) is 5.98. The van der Waals surface area contributed by atoms with Crippen molar-refractivity contribution < 1.29 is 36.9 Å². The molecular formula is C21H15ClF3NO5. The van der Waals surface area contributed by atoms with E-state index in [1.807, 2.05) is 0 Å². The molecule has 162 valence electrons. The third-order valence-corrected chi connectivity index (χ3v) is 4.32. The molecule has 6 nitrogen and oxygen atoms in total. The van der Waals surface area contributed by atoms with E-state index in [0.717, 1.165) is 12.1 Å². The standard InChI is InChI=1S/C21H15ClF3NO5/c1-28-19-14(7-4-10-26-19)13-5-3-6-15(20(27)29-2)18(13)30-12-8-9-17(16(22)11-12)31-21(23,24)25/h3-11H,1-2H3. The molecule has 0 spiro atoms. The minimum atomic E-state index is -4.90. The van der Waals surface area contributed by atoms with E-state index in [-0.39, 0.29) is 28.0 Å². The number of nitrogens with zero attached hydrogens (tertiary/aromatic N) is 1. The Balaban J connectivity index is 2.09. The van der Waals surface area contributed by atoms with Crippen LogP contribution in [0.2, 0.25) is 5.02 Å². The van der Waals surface area contributed by atoms with Gasteiger partial charge in [-0.05, 0) is 30.3 Å². The highest BCUT2D eigenvalue weighted by atomic mass is 35.5. The smallest absolute Gasteiger partial charge is 0.481 e. The lowest BCUT2D eigenvalue weighted by atomic mass is 10.0. The summed E-state index contributed by atoms with van der Waals surface area (Å²) in [5.74, 6) is -0.831. The van der Waals surface area contributed by atoms with Gasteiger partial charge in [0.1, 0.15) is 22.8 Å². The van der Waals surface area contributed by atoms with Gasteiger partial charge in [-0.2, -0.15) is 0 Å². The average Bonchev–Trinajstić information content (AvgIpc) is 2.74. The highest BCUT2D eigenvalue weighted by Gasteiger charge is 2.32. The first kappa shape index (κ1) is 22.2. The van der Waals surface area contributed by atoms with Crippen LogP contribution in [0, 0.1) is 0 Å². The molecular weight excluding hydrogens is 439 g/mol. The van der Waals surface area contributed by atoms with Gasteiger partial charge < -0.3 is 18.9 Å². The van der Waals surface area contributed by atoms with E-state index < -0.39 is 18.1 Å². The zero-order chi connectivity index (χ0) is 22.6. The van der Waals surface area contributed by atoms with Gasteiger partial charge in [-0.25, -0.2) is 9.78 Å². The number of carbonyl (C=O) groups excluding carboxylic acids is 1. The summed E-state index contributed by atoms with van der Waals surface area (Å²) in [6.07, 6.45) is -3.36. The van der Waals surface area contributed by atoms with E-state index in [1.54, 1.807) is 24.3 Å². The normalized spacial score (nSPS) is 11.0. The molecule has 0 radical (unpaired) electrons. The maximum atomic E-state index is 12.5. The second kappa shape index (κ2) is 9.13. The number of alkyl halides is 3. The van der Waals surface area contributed by atoms with Crippen LogP contribution in [0.1, 0.15) is 10.4 Å². The van der Waals surface area contributed by atoms with Crippen molar-refractivity contribution in [3.8, 4) is 34.3 Å². The molecule has 0 aliphatic heterocycles. The van der Waals surface area contributed by atoms with E-state index in [9.17, 15) is 18.0 Å². The maximum Gasteiger partial charge on any atom is 0.573 e. The van der Waals surface area contributed by atoms with Crippen LogP contribution < -0.4 is 14.2 Å². The minimum absolute atomic E-state index is 0.0694. The lowest BCUT2D eigenvalue weighted by molar-refractivity contribution is -0.274. The van der Waals surface area contributed by atoms with Crippen molar-refractivity contribution >= 4 is 17.6 Å². The van der Waals surface area contributed by atoms with Gasteiger partial charge in [0.25, 0.3) is 0 Å². The van der Waals surface area contributed by atoms with E-state index in [1.165, 1.54) is 32.5 Å². The molecule has 0 aliphatic carbocycles. The molecule has 0 fully saturated rings. The van der Waals surface area contributed by atoms with E-state index in [4.69, 9.17) is 25.8 Å². The number of para-hydroxylation sites is 1. The van der Waals surface area contributed by atoms with Crippen molar-refractivity contribution in [2.24, 2.45) is 0 Å². The second-order valence-corrected chi connectivity index (χ2v) is 6.38. The first-order chi connectivity index (χ1) is 14.7. The molecule has 0 unspecified atom stereocenters. The molecule has 2 aromatic carbocycles. The van der Waals surface area contributed by atoms with Gasteiger partial charge in [0.2, 0.25) is 5.88 Å². The highest BCUT2D eigenvalue weighted by molar-refractivity contribution is 6.32. The zero-order valence-electron chi connectivity index (χ0n) is 16.2. The van der Waals surface area contributed by atoms with Crippen LogP contribution in [0.4, 0.5) is 13.2 Å². The lowest BCUT2D eigenvalue weighted by Crippen LogP contribution is -2.17. The predicted molar refractivity (Wildman–Crippen MR) is 106 cm³/mol. The van der Waals surface area contributed by atoms with Crippen LogP contribution >= 0.6 is 11.6 Å². The summed E-state index contributed by atoms with van der Waals surface area (Å²) >= 11 is 5.91. The van der Waals surface area contributed by atoms with E-state index >= 15 is 0 Å². The summed E-state index contributed by atoms with van der Waals surface area (Å²) < 4.78 is 57.3. The molecule has 3 aromatic rings. The number of methoxy groups -OCH3 is 2. The Bertz CT molecular complexity index is 1100. The van der Waals surface area contributed by atoms with Crippen LogP contribution in [0.5, 0.6) is 23.1 Å². The number of hydrogen-bond acceptors (Lipinski definition) is 6. The van der Waals surface area contributed by atoms with Gasteiger partial charge in [-0.3, -0.25) is 0 Å². The van der Waals surface area contributed by atoms with Crippen LogP contribution in [0.15, 0.2) is 54.7 Å². The quantitative estimate of drug-likeness (QED) is 0.434. The number of ether oxygens (including phenoxy) is 4. The number of halogens is 4. The predicted octanol–water partition coefficient (Wildman–Crippen LogP) is 5.89. The molecule has 1 aromatic heterocycles. The van der Waals surface area contributed by atoms with Crippen molar-refractivity contribution in [3.05, 3.63) is 65.3 Å². The van der Waals surface area contributed by atoms with E-state index in [2.05, 4.69) is 9.72 Å². The van der Waals surface area contributed by atoms with Crippen LogP contribution in [0.3, 0.4) is 0 Å². The fourth-order valence-corrected chi connectivity index (χ4v) is 2.97. The molecule has 0 amide bonds. The molecule has 0 saturated carbocycles. The van der Waals surface area contributed by atoms with Gasteiger partial charge in [-0.1, -0.05) is 23.7 Å². The number of rotatable bonds is 6. The molecule has 0 atom stereocenters. The van der Waals surface area contributed by atoms with Gasteiger partial charge >= 0.3 is 12.3 Å². The van der Waals surface area contributed by atoms with Gasteiger partial charge in [0.05, 0.1) is 19.2 Å². The fourth-order valence-electron chi connectivity index (χ4n) is 2.76. The molecule has 3 rings (SSSR count). The molecule has 0 N–H and O–H groups in total. The molecule has 0 aliphatic rings. The summed E-state index contributed by atoms with van der Waals surface area (Å²) in [7, 11) is 2.65. The lowest BCUT2D eigenvalue weighted by Gasteiger charge is -2.17. The summed E-state index contributed by atoms with van der Waals surface area (Å²) in [6, 6.07) is 11.5. The largest absolute Gasteiger partial charge is 0.573 e. The Morgan fingerprint density at radius 1 is 1.03 bits per heavy atom. The van der Waals surface area contributed by atoms with Gasteiger partial charge in [0.15, 0.2) is 0 Å². The molecule has 10 heteroatoms. The molecule has 0 bridgehead atoms. The summed E-state index contributed by atoms with van der Waals surface area (Å²) in [5.41, 5.74) is 1.05. The summed E-state index contributed by atoms with van der Waals surface area (Å²) in [6.45, 7) is 0. The Kier molecular flexibility index (Phi) is 6.55. The molecule has 31 heavy (non-hydrogen) atoms. The number of aromatic nitrogens is 1. The van der Waals surface area contributed by atoms with Crippen molar-refractivity contribution in [3.63, 3.8) is 0 Å². The van der Waals surface area contributed by atoms with E-state index in [0.29, 0.717) is 11.1 Å². The topological polar surface area (TPSA) is 66.9 Å². The fraction of sp³-hybridized carbons (Fsp3) is 0.143. The minimum Gasteiger partial charge on any atom is -0.481 e. The van der Waals surface area contributed by atoms with Crippen molar-refractivity contribution in [2.75, 3.05) is 14.2 Å². The summed E-state index contributed by atoms with van der Waals surface area (Å²) in [4.78, 5) is 16.5. The van der Waals surface area contributed by atoms with Crippen molar-refractivity contribution in [1.29, 1.82) is 0 Å². The Hall–Kier alpha value is -3.46. The van der Waals surface area contributed by atoms with Crippen LogP contribution in [-0.2, 0) is 4.74 Å². The van der Waals surface area contributed by atoms with Gasteiger partial charge in [-0.15, -0.1) is 13.2 Å². The number of pyridine rings is 1. The monoisotopic (exact) mass is 453 g/mol. The molecule has 1 heterocycles. The SMILES string of the molecule is COC(=O)c1cccc(-c2cccnc2OC)c1Oc1ccc(OC(F)(F)F)c(Cl)c1. The van der Waals surface area contributed by atoms with Gasteiger partial charge in [0, 0.05) is 23.4 Å². The number of esters is 1. The number of benzene rings is 2. The number of carbonyl (C=O) groups is 1. The number of hydrogen-bond donors (Lipinski definition) is 0. The average molecular weight is 454 g/mol. The van der Waals surface area contributed by atoms with Crippen LogP contribution in [-0.4, -0.2) is 31.5 Å². The van der Waals surface area contributed by atoms with Crippen molar-refractivity contribution in [1.82, 2.24) is 4.98 Å². The first-order valence-corrected chi connectivity index (χ1v) is 9.05. The molecule has 0 saturated heterocycles. The zero-order valence-corrected chi connectivity index (χ0v) is 17.0. The Labute approximate surface area is 180 Å². The Morgan fingerprint density at radius 3 is 2.42 bits per heavy atom. The van der Waals surface area contributed by atoms with Crippen LogP contribution in [0.25, 0.3) is 11.1 Å². The third kappa shape index (κ3) is 5.18.